The van der Waals surface area contributed by atoms with Gasteiger partial charge in [-0.25, -0.2) is 4.79 Å². The molecule has 0 radical (unpaired) electrons. The zero-order valence-electron chi connectivity index (χ0n) is 9.56. The Hall–Kier alpha value is -0.970. The summed E-state index contributed by atoms with van der Waals surface area (Å²) in [7, 11) is 1.82. The highest BCUT2D eigenvalue weighted by atomic mass is 32.2. The smallest absolute Gasteiger partial charge is 0.356 e. The normalized spacial score (nSPS) is 25.6. The lowest BCUT2D eigenvalue weighted by Crippen LogP contribution is -2.24. The molecule has 1 aromatic rings. The van der Waals surface area contributed by atoms with E-state index in [1.165, 1.54) is 12.8 Å². The van der Waals surface area contributed by atoms with Crippen molar-refractivity contribution in [3.05, 3.63) is 17.5 Å². The first-order valence-electron chi connectivity index (χ1n) is 5.45. The van der Waals surface area contributed by atoms with E-state index >= 15 is 0 Å². The Morgan fingerprint density at radius 3 is 2.88 bits per heavy atom. The molecule has 0 saturated carbocycles. The largest absolute Gasteiger partial charge is 0.476 e. The predicted octanol–water partition coefficient (Wildman–Crippen LogP) is 2.25. The minimum Gasteiger partial charge on any atom is -0.476 e. The number of thioether (sulfide) groups is 1. The lowest BCUT2D eigenvalue weighted by molar-refractivity contribution is 0.0689. The van der Waals surface area contributed by atoms with Crippen LogP contribution in [0.3, 0.4) is 0 Å². The van der Waals surface area contributed by atoms with Crippen molar-refractivity contribution in [2.45, 2.75) is 30.9 Å². The Labute approximate surface area is 99.0 Å². The first-order chi connectivity index (χ1) is 7.53. The number of nitrogens with zero attached hydrogens (tertiary/aromatic N) is 2. The van der Waals surface area contributed by atoms with Crippen molar-refractivity contribution in [2.75, 3.05) is 5.75 Å². The number of carboxylic acids is 1. The van der Waals surface area contributed by atoms with E-state index in [9.17, 15) is 4.79 Å². The van der Waals surface area contributed by atoms with Gasteiger partial charge in [0.1, 0.15) is 0 Å². The Balaban J connectivity index is 2.35. The van der Waals surface area contributed by atoms with Crippen molar-refractivity contribution in [2.24, 2.45) is 7.05 Å². The van der Waals surface area contributed by atoms with E-state index in [4.69, 9.17) is 5.11 Å². The Kier molecular flexibility index (Phi) is 2.97. The van der Waals surface area contributed by atoms with E-state index in [0.29, 0.717) is 0 Å². The highest BCUT2D eigenvalue weighted by Gasteiger charge is 2.33. The number of hydrogen-bond donors (Lipinski definition) is 1. The van der Waals surface area contributed by atoms with Crippen LogP contribution in [-0.2, 0) is 11.8 Å². The third-order valence-corrected chi connectivity index (χ3v) is 4.65. The van der Waals surface area contributed by atoms with E-state index in [0.717, 1.165) is 17.9 Å². The number of aromatic nitrogens is 2. The van der Waals surface area contributed by atoms with Crippen LogP contribution >= 0.6 is 11.8 Å². The number of carbonyl (C=O) groups is 1. The molecule has 0 aliphatic carbocycles. The van der Waals surface area contributed by atoms with Gasteiger partial charge in [-0.1, -0.05) is 6.42 Å². The Morgan fingerprint density at radius 1 is 1.62 bits per heavy atom. The second-order valence-electron chi connectivity index (χ2n) is 4.38. The van der Waals surface area contributed by atoms with Gasteiger partial charge in [0.05, 0.1) is 10.4 Å². The lowest BCUT2D eigenvalue weighted by atomic mass is 9.98. The van der Waals surface area contributed by atoms with Crippen LogP contribution in [0.5, 0.6) is 0 Å². The molecule has 16 heavy (non-hydrogen) atoms. The van der Waals surface area contributed by atoms with Gasteiger partial charge in [-0.3, -0.25) is 4.68 Å². The van der Waals surface area contributed by atoms with Crippen LogP contribution in [0, 0.1) is 0 Å². The summed E-state index contributed by atoms with van der Waals surface area (Å²) in [4.78, 5) is 10.9. The molecule has 1 saturated heterocycles. The zero-order valence-corrected chi connectivity index (χ0v) is 10.4. The molecule has 1 aliphatic heterocycles. The molecule has 0 aromatic carbocycles. The van der Waals surface area contributed by atoms with Crippen molar-refractivity contribution >= 4 is 17.7 Å². The molecular formula is C11H16N2O2S. The summed E-state index contributed by atoms with van der Waals surface area (Å²) in [5.41, 5.74) is 1.17. The standard InChI is InChI=1S/C11H16N2O2S/c1-11(5-3-4-6-16-11)9-7-8(10(14)15)12-13(9)2/h7H,3-6H2,1-2H3,(H,14,15). The summed E-state index contributed by atoms with van der Waals surface area (Å²) in [6, 6.07) is 1.71. The van der Waals surface area contributed by atoms with Gasteiger partial charge in [0, 0.05) is 7.05 Å². The lowest BCUT2D eigenvalue weighted by Gasteiger charge is -2.32. The third kappa shape index (κ3) is 1.96. The predicted molar refractivity (Wildman–Crippen MR) is 63.8 cm³/mol. The first kappa shape index (κ1) is 11.5. The molecular weight excluding hydrogens is 224 g/mol. The van der Waals surface area contributed by atoms with Crippen molar-refractivity contribution in [1.29, 1.82) is 0 Å². The summed E-state index contributed by atoms with van der Waals surface area (Å²) < 4.78 is 1.73. The molecule has 1 atom stereocenters. The fourth-order valence-corrected chi connectivity index (χ4v) is 3.63. The average Bonchev–Trinajstić information content (AvgIpc) is 2.62. The van der Waals surface area contributed by atoms with Gasteiger partial charge in [-0.05, 0) is 31.6 Å². The molecule has 0 spiro atoms. The van der Waals surface area contributed by atoms with Gasteiger partial charge in [-0.15, -0.1) is 11.8 Å². The van der Waals surface area contributed by atoms with Crippen molar-refractivity contribution in [3.63, 3.8) is 0 Å². The maximum atomic E-state index is 10.9. The minimum absolute atomic E-state index is 0.0215. The molecule has 2 heterocycles. The van der Waals surface area contributed by atoms with E-state index in [1.54, 1.807) is 10.7 Å². The van der Waals surface area contributed by atoms with Crippen LogP contribution in [0.25, 0.3) is 0 Å². The molecule has 1 aliphatic rings. The fourth-order valence-electron chi connectivity index (χ4n) is 2.20. The van der Waals surface area contributed by atoms with Gasteiger partial charge in [-0.2, -0.15) is 5.10 Å². The van der Waals surface area contributed by atoms with E-state index in [1.807, 2.05) is 18.8 Å². The third-order valence-electron chi connectivity index (χ3n) is 3.11. The molecule has 4 nitrogen and oxygen atoms in total. The molecule has 1 N–H and O–H groups in total. The van der Waals surface area contributed by atoms with E-state index in [-0.39, 0.29) is 10.4 Å². The van der Waals surface area contributed by atoms with Gasteiger partial charge in [0.25, 0.3) is 0 Å². The highest BCUT2D eigenvalue weighted by molar-refractivity contribution is 8.00. The van der Waals surface area contributed by atoms with Gasteiger partial charge in [0.15, 0.2) is 5.69 Å². The van der Waals surface area contributed by atoms with Crippen LogP contribution < -0.4 is 0 Å². The molecule has 0 amide bonds. The second-order valence-corrected chi connectivity index (χ2v) is 5.98. The number of hydrogen-bond acceptors (Lipinski definition) is 3. The molecule has 1 aromatic heterocycles. The summed E-state index contributed by atoms with van der Waals surface area (Å²) in [5.74, 6) is 0.190. The molecule has 1 unspecified atom stereocenters. The van der Waals surface area contributed by atoms with Gasteiger partial charge >= 0.3 is 5.97 Å². The summed E-state index contributed by atoms with van der Waals surface area (Å²) >= 11 is 1.90. The van der Waals surface area contributed by atoms with Crippen molar-refractivity contribution < 1.29 is 9.90 Å². The first-order valence-corrected chi connectivity index (χ1v) is 6.43. The minimum atomic E-state index is -0.953. The fraction of sp³-hybridized carbons (Fsp3) is 0.636. The van der Waals surface area contributed by atoms with Crippen LogP contribution in [0.15, 0.2) is 6.07 Å². The van der Waals surface area contributed by atoms with E-state index < -0.39 is 5.97 Å². The van der Waals surface area contributed by atoms with Crippen LogP contribution in [-0.4, -0.2) is 26.6 Å². The molecule has 88 valence electrons. The van der Waals surface area contributed by atoms with E-state index in [2.05, 4.69) is 12.0 Å². The Morgan fingerprint density at radius 2 is 2.38 bits per heavy atom. The molecule has 5 heteroatoms. The SMILES string of the molecule is Cn1nc(C(=O)O)cc1C1(C)CCCCS1. The quantitative estimate of drug-likeness (QED) is 0.861. The monoisotopic (exact) mass is 240 g/mol. The highest BCUT2D eigenvalue weighted by Crippen LogP contribution is 2.44. The molecule has 0 bridgehead atoms. The van der Waals surface area contributed by atoms with Gasteiger partial charge < -0.3 is 5.11 Å². The number of carboxylic acid groups (broad SMARTS) is 1. The summed E-state index contributed by atoms with van der Waals surface area (Å²) in [6.07, 6.45) is 3.55. The number of aryl methyl sites for hydroxylation is 1. The number of aromatic carboxylic acids is 1. The average molecular weight is 240 g/mol. The number of rotatable bonds is 2. The zero-order chi connectivity index (χ0) is 11.8. The Bertz CT molecular complexity index is 408. The van der Waals surface area contributed by atoms with Gasteiger partial charge in [0.2, 0.25) is 0 Å². The van der Waals surface area contributed by atoms with Crippen molar-refractivity contribution in [3.8, 4) is 0 Å². The van der Waals surface area contributed by atoms with Crippen LogP contribution in [0.1, 0.15) is 42.4 Å². The molecule has 2 rings (SSSR count). The summed E-state index contributed by atoms with van der Waals surface area (Å²) in [5, 5.41) is 13.0. The molecule has 1 fully saturated rings. The van der Waals surface area contributed by atoms with Crippen LogP contribution in [0.2, 0.25) is 0 Å². The van der Waals surface area contributed by atoms with Crippen LogP contribution in [0.4, 0.5) is 0 Å². The second kappa shape index (κ2) is 4.13. The van der Waals surface area contributed by atoms with Crippen molar-refractivity contribution in [1.82, 2.24) is 9.78 Å². The topological polar surface area (TPSA) is 55.1 Å². The maximum Gasteiger partial charge on any atom is 0.356 e. The summed E-state index contributed by atoms with van der Waals surface area (Å²) in [6.45, 7) is 2.18. The maximum absolute atomic E-state index is 10.9.